The molecule has 1 saturated heterocycles. The summed E-state index contributed by atoms with van der Waals surface area (Å²) in [4.78, 5) is 39.9. The van der Waals surface area contributed by atoms with Crippen molar-refractivity contribution in [2.24, 2.45) is 13.0 Å². The van der Waals surface area contributed by atoms with Crippen LogP contribution in [-0.4, -0.2) is 65.8 Å². The summed E-state index contributed by atoms with van der Waals surface area (Å²) in [7, 11) is 4.81. The average molecular weight is 547 g/mol. The fourth-order valence-corrected chi connectivity index (χ4v) is 5.12. The monoisotopic (exact) mass is 546 g/mol. The van der Waals surface area contributed by atoms with Crippen LogP contribution in [0.5, 0.6) is 5.75 Å². The van der Waals surface area contributed by atoms with Crippen molar-refractivity contribution in [1.29, 1.82) is 0 Å². The quantitative estimate of drug-likeness (QED) is 0.369. The first-order valence-electron chi connectivity index (χ1n) is 13.7. The molecule has 9 heteroatoms. The van der Waals surface area contributed by atoms with Crippen molar-refractivity contribution in [2.45, 2.75) is 44.6 Å². The molecule has 0 spiro atoms. The molecule has 1 N–H and O–H groups in total. The molecule has 1 aromatic heterocycles. The van der Waals surface area contributed by atoms with Crippen LogP contribution in [0.25, 0.3) is 11.1 Å². The van der Waals surface area contributed by atoms with Gasteiger partial charge in [0.05, 0.1) is 20.4 Å². The molecular formula is C31H38N4O5. The molecule has 9 nitrogen and oxygen atoms in total. The fourth-order valence-electron chi connectivity index (χ4n) is 5.12. The van der Waals surface area contributed by atoms with Crippen molar-refractivity contribution in [3.63, 3.8) is 0 Å². The maximum absolute atomic E-state index is 12.9. The number of nitrogens with one attached hydrogen (secondary N) is 1. The number of aryl methyl sites for hydroxylation is 2. The Labute approximate surface area is 235 Å². The molecule has 2 heterocycles. The molecule has 212 valence electrons. The van der Waals surface area contributed by atoms with Gasteiger partial charge in [-0.15, -0.1) is 0 Å². The summed E-state index contributed by atoms with van der Waals surface area (Å²) < 4.78 is 11.9. The van der Waals surface area contributed by atoms with Crippen molar-refractivity contribution in [3.8, 4) is 16.9 Å². The van der Waals surface area contributed by atoms with E-state index in [9.17, 15) is 14.4 Å². The van der Waals surface area contributed by atoms with E-state index in [1.807, 2.05) is 60.7 Å². The van der Waals surface area contributed by atoms with E-state index in [0.29, 0.717) is 38.8 Å². The number of aromatic nitrogens is 2. The third-order valence-electron chi connectivity index (χ3n) is 7.45. The van der Waals surface area contributed by atoms with E-state index in [-0.39, 0.29) is 17.7 Å². The number of esters is 1. The number of carbonyl (C=O) groups excluding carboxylic acids is 3. The van der Waals surface area contributed by atoms with Gasteiger partial charge in [0.15, 0.2) is 0 Å². The van der Waals surface area contributed by atoms with Gasteiger partial charge < -0.3 is 19.7 Å². The van der Waals surface area contributed by atoms with E-state index < -0.39 is 12.0 Å². The minimum atomic E-state index is -0.760. The zero-order chi connectivity index (χ0) is 28.5. The van der Waals surface area contributed by atoms with E-state index in [1.165, 1.54) is 7.11 Å². The Morgan fingerprint density at radius 1 is 1.02 bits per heavy atom. The molecule has 1 fully saturated rings. The van der Waals surface area contributed by atoms with Crippen LogP contribution in [0.1, 0.15) is 36.8 Å². The smallest absolute Gasteiger partial charge is 0.328 e. The predicted molar refractivity (Wildman–Crippen MR) is 152 cm³/mol. The summed E-state index contributed by atoms with van der Waals surface area (Å²) in [5.41, 5.74) is 4.17. The Kier molecular flexibility index (Phi) is 9.94. The van der Waals surface area contributed by atoms with Gasteiger partial charge in [0, 0.05) is 51.2 Å². The molecule has 4 rings (SSSR count). The van der Waals surface area contributed by atoms with Crippen LogP contribution in [0.15, 0.2) is 60.9 Å². The Morgan fingerprint density at radius 3 is 2.42 bits per heavy atom. The largest absolute Gasteiger partial charge is 0.497 e. The fraction of sp³-hybridized carbons (Fsp3) is 0.419. The van der Waals surface area contributed by atoms with Gasteiger partial charge in [0.25, 0.3) is 0 Å². The highest BCUT2D eigenvalue weighted by Crippen LogP contribution is 2.23. The second-order valence-corrected chi connectivity index (χ2v) is 10.3. The first-order chi connectivity index (χ1) is 19.3. The van der Waals surface area contributed by atoms with Crippen molar-refractivity contribution in [2.75, 3.05) is 27.3 Å². The third-order valence-corrected chi connectivity index (χ3v) is 7.45. The second kappa shape index (κ2) is 13.8. The first-order valence-corrected chi connectivity index (χ1v) is 13.7. The number of likely N-dealkylation sites (tertiary alicyclic amines) is 1. The van der Waals surface area contributed by atoms with Gasteiger partial charge in [-0.25, -0.2) is 4.79 Å². The van der Waals surface area contributed by atoms with Crippen LogP contribution in [-0.2, 0) is 39.0 Å². The average Bonchev–Trinajstić information content (AvgIpc) is 3.42. The zero-order valence-electron chi connectivity index (χ0n) is 23.5. The highest BCUT2D eigenvalue weighted by Gasteiger charge is 2.27. The first kappa shape index (κ1) is 28.9. The molecule has 3 aromatic rings. The summed E-state index contributed by atoms with van der Waals surface area (Å²) in [6, 6.07) is 14.8. The molecule has 1 aliphatic rings. The van der Waals surface area contributed by atoms with Crippen LogP contribution in [0.3, 0.4) is 0 Å². The van der Waals surface area contributed by atoms with Gasteiger partial charge >= 0.3 is 5.97 Å². The van der Waals surface area contributed by atoms with Gasteiger partial charge in [-0.2, -0.15) is 5.10 Å². The predicted octanol–water partition coefficient (Wildman–Crippen LogP) is 3.56. The number of hydrogen-bond acceptors (Lipinski definition) is 6. The van der Waals surface area contributed by atoms with Crippen molar-refractivity contribution >= 4 is 17.8 Å². The highest BCUT2D eigenvalue weighted by molar-refractivity contribution is 5.84. The van der Waals surface area contributed by atoms with Crippen molar-refractivity contribution in [1.82, 2.24) is 20.0 Å². The highest BCUT2D eigenvalue weighted by atomic mass is 16.5. The molecule has 40 heavy (non-hydrogen) atoms. The molecule has 2 amide bonds. The van der Waals surface area contributed by atoms with Crippen LogP contribution < -0.4 is 10.1 Å². The van der Waals surface area contributed by atoms with Crippen LogP contribution in [0.4, 0.5) is 0 Å². The maximum atomic E-state index is 12.9. The molecule has 0 saturated carbocycles. The summed E-state index contributed by atoms with van der Waals surface area (Å²) in [5, 5.41) is 7.09. The summed E-state index contributed by atoms with van der Waals surface area (Å²) >= 11 is 0. The number of rotatable bonds is 11. The lowest BCUT2D eigenvalue weighted by molar-refractivity contribution is -0.145. The lowest BCUT2D eigenvalue weighted by atomic mass is 9.92. The molecule has 0 bridgehead atoms. The molecule has 0 unspecified atom stereocenters. The number of methoxy groups -OCH3 is 2. The van der Waals surface area contributed by atoms with Crippen LogP contribution in [0, 0.1) is 5.92 Å². The third kappa shape index (κ3) is 7.94. The minimum Gasteiger partial charge on any atom is -0.497 e. The normalized spacial score (nSPS) is 14.4. The summed E-state index contributed by atoms with van der Waals surface area (Å²) in [6.07, 6.45) is 7.12. The number of carbonyl (C=O) groups is 3. The number of nitrogens with zero attached hydrogens (tertiary/aromatic N) is 3. The number of ether oxygens (including phenoxy) is 2. The van der Waals surface area contributed by atoms with Crippen LogP contribution in [0.2, 0.25) is 0 Å². The number of hydrogen-bond donors (Lipinski definition) is 1. The Balaban J connectivity index is 1.22. The van der Waals surface area contributed by atoms with Gasteiger partial charge in [-0.05, 0) is 54.0 Å². The lowest BCUT2D eigenvalue weighted by Gasteiger charge is -2.32. The van der Waals surface area contributed by atoms with Gasteiger partial charge in [0.1, 0.15) is 11.8 Å². The molecule has 1 atom stereocenters. The van der Waals surface area contributed by atoms with Crippen LogP contribution >= 0.6 is 0 Å². The molecule has 1 aliphatic heterocycles. The number of amides is 2. The maximum Gasteiger partial charge on any atom is 0.328 e. The van der Waals surface area contributed by atoms with Crippen molar-refractivity contribution < 1.29 is 23.9 Å². The van der Waals surface area contributed by atoms with E-state index in [0.717, 1.165) is 40.8 Å². The summed E-state index contributed by atoms with van der Waals surface area (Å²) in [6.45, 7) is 1.28. The lowest BCUT2D eigenvalue weighted by Crippen LogP contribution is -2.44. The van der Waals surface area contributed by atoms with E-state index in [1.54, 1.807) is 11.8 Å². The molecule has 0 radical (unpaired) electrons. The number of piperidine rings is 1. The Morgan fingerprint density at radius 2 is 1.77 bits per heavy atom. The van der Waals surface area contributed by atoms with Crippen molar-refractivity contribution in [3.05, 3.63) is 72.1 Å². The minimum absolute atomic E-state index is 0.139. The zero-order valence-corrected chi connectivity index (χ0v) is 23.5. The molecule has 0 aliphatic carbocycles. The van der Waals surface area contributed by atoms with E-state index >= 15 is 0 Å². The topological polar surface area (TPSA) is 103 Å². The van der Waals surface area contributed by atoms with Gasteiger partial charge in [0.2, 0.25) is 11.8 Å². The van der Waals surface area contributed by atoms with Gasteiger partial charge in [-0.3, -0.25) is 14.3 Å². The SMILES string of the molecule is COC(=O)[C@H](Cc1ccc(OC)cc1)NC(=O)CC1CCN(C(=O)CCc2cccc(-c3cnn(C)c3)c2)CC1. The Bertz CT molecular complexity index is 1300. The standard InChI is InChI=1S/C31H38N4O5/c1-34-21-26(20-32-34)25-6-4-5-22(17-25)9-12-30(37)35-15-13-24(14-16-35)19-29(36)33-28(31(38)40-3)18-23-7-10-27(39-2)11-8-23/h4-8,10-11,17,20-21,24,28H,9,12-16,18-19H2,1-3H3,(H,33,36)/t28-/m0/s1. The van der Waals surface area contributed by atoms with E-state index in [2.05, 4.69) is 22.5 Å². The summed E-state index contributed by atoms with van der Waals surface area (Å²) in [5.74, 6) is 0.374. The second-order valence-electron chi connectivity index (χ2n) is 10.3. The molecular weight excluding hydrogens is 508 g/mol. The molecule has 2 aromatic carbocycles. The van der Waals surface area contributed by atoms with Gasteiger partial charge in [-0.1, -0.05) is 36.4 Å². The number of benzene rings is 2. The van der Waals surface area contributed by atoms with E-state index in [4.69, 9.17) is 9.47 Å². The Hall–Kier alpha value is -4.14.